The molecule has 37 valence electrons. The highest BCUT2D eigenvalue weighted by molar-refractivity contribution is 4.86. The van der Waals surface area contributed by atoms with Crippen LogP contribution in [-0.4, -0.2) is 4.98 Å². The molecule has 2 nitrogen and oxygen atoms in total. The summed E-state index contributed by atoms with van der Waals surface area (Å²) in [5, 5.41) is 0. The third kappa shape index (κ3) is 0.796. The maximum atomic E-state index is 4.57. The highest BCUT2D eigenvalue weighted by atomic mass is 16.3. The van der Waals surface area contributed by atoms with Crippen LogP contribution in [0.4, 0.5) is 0 Å². The fourth-order valence-corrected chi connectivity index (χ4v) is 0.374. The van der Waals surface area contributed by atoms with Gasteiger partial charge in [-0.3, -0.25) is 0 Å². The molecule has 0 saturated carbocycles. The van der Waals surface area contributed by atoms with Gasteiger partial charge in [0.1, 0.15) is 0 Å². The number of hydrogen-bond donors (Lipinski definition) is 0. The third-order valence-electron chi connectivity index (χ3n) is 0.773. The highest BCUT2D eigenvalue weighted by Crippen LogP contribution is 1.90. The van der Waals surface area contributed by atoms with Crippen molar-refractivity contribution in [1.29, 1.82) is 0 Å². The molecule has 0 N–H and O–H groups in total. The van der Waals surface area contributed by atoms with E-state index >= 15 is 0 Å². The van der Waals surface area contributed by atoms with Gasteiger partial charge in [-0.1, -0.05) is 6.92 Å². The van der Waals surface area contributed by atoms with Crippen molar-refractivity contribution in [3.05, 3.63) is 18.4 Å². The molecule has 1 rings (SSSR count). The second-order valence-corrected chi connectivity index (χ2v) is 1.25. The standard InChI is InChI=1S/C5H6NO/c1-2-5-3-7-4-6-5/h4H,2H2,1H3. The van der Waals surface area contributed by atoms with Crippen molar-refractivity contribution in [3.8, 4) is 0 Å². The molecule has 1 aromatic heterocycles. The summed E-state index contributed by atoms with van der Waals surface area (Å²) in [7, 11) is 0. The number of rotatable bonds is 1. The number of aromatic nitrogens is 1. The van der Waals surface area contributed by atoms with Crippen LogP contribution in [0.3, 0.4) is 0 Å². The van der Waals surface area contributed by atoms with Gasteiger partial charge in [0.2, 0.25) is 0 Å². The van der Waals surface area contributed by atoms with E-state index in [-0.39, 0.29) is 0 Å². The van der Waals surface area contributed by atoms with Gasteiger partial charge in [0.25, 0.3) is 0 Å². The van der Waals surface area contributed by atoms with E-state index < -0.39 is 0 Å². The Balaban J connectivity index is 2.76. The number of oxazole rings is 1. The van der Waals surface area contributed by atoms with Gasteiger partial charge in [-0.25, -0.2) is 4.98 Å². The minimum atomic E-state index is 0.889. The lowest BCUT2D eigenvalue weighted by molar-refractivity contribution is 0.547. The molecule has 1 heterocycles. The summed E-state index contributed by atoms with van der Waals surface area (Å²) in [4.78, 5) is 3.81. The molecule has 1 aromatic rings. The summed E-state index contributed by atoms with van der Waals surface area (Å²) in [6.07, 6.45) is 4.89. The van der Waals surface area contributed by atoms with E-state index in [1.54, 1.807) is 0 Å². The van der Waals surface area contributed by atoms with Crippen LogP contribution in [0.15, 0.2) is 10.8 Å². The highest BCUT2D eigenvalue weighted by Gasteiger charge is 1.87. The van der Waals surface area contributed by atoms with Crippen molar-refractivity contribution >= 4 is 0 Å². The van der Waals surface area contributed by atoms with Crippen LogP contribution >= 0.6 is 0 Å². The molecule has 0 saturated heterocycles. The Bertz CT molecular complexity index is 123. The summed E-state index contributed by atoms with van der Waals surface area (Å²) in [5.41, 5.74) is 0.889. The summed E-state index contributed by atoms with van der Waals surface area (Å²) >= 11 is 0. The molecule has 0 atom stereocenters. The molecule has 0 unspecified atom stereocenters. The number of nitrogens with zero attached hydrogens (tertiary/aromatic N) is 1. The van der Waals surface area contributed by atoms with E-state index in [9.17, 15) is 0 Å². The predicted molar refractivity (Wildman–Crippen MR) is 24.7 cm³/mol. The van der Waals surface area contributed by atoms with E-state index in [0.29, 0.717) is 0 Å². The monoisotopic (exact) mass is 96.0 g/mol. The van der Waals surface area contributed by atoms with Crippen molar-refractivity contribution < 1.29 is 4.42 Å². The molecule has 0 amide bonds. The largest absolute Gasteiger partial charge is 0.440 e. The van der Waals surface area contributed by atoms with Crippen LogP contribution in [0.25, 0.3) is 0 Å². The Morgan fingerprint density at radius 3 is 3.14 bits per heavy atom. The lowest BCUT2D eigenvalue weighted by atomic mass is 10.4. The number of aryl methyl sites for hydroxylation is 1. The van der Waals surface area contributed by atoms with Crippen molar-refractivity contribution in [3.63, 3.8) is 0 Å². The molecule has 0 aromatic carbocycles. The average Bonchev–Trinajstić information content (AvgIpc) is 2.14. The molecule has 0 aliphatic carbocycles. The predicted octanol–water partition coefficient (Wildman–Crippen LogP) is 1.04. The Kier molecular flexibility index (Phi) is 1.11. The van der Waals surface area contributed by atoms with Gasteiger partial charge in [-0.05, 0) is 6.42 Å². The van der Waals surface area contributed by atoms with E-state index in [1.165, 1.54) is 6.39 Å². The Hall–Kier alpha value is -0.790. The fourth-order valence-electron chi connectivity index (χ4n) is 0.374. The second-order valence-electron chi connectivity index (χ2n) is 1.25. The van der Waals surface area contributed by atoms with Gasteiger partial charge in [0, 0.05) is 0 Å². The summed E-state index contributed by atoms with van der Waals surface area (Å²) in [6, 6.07) is 0. The first-order chi connectivity index (χ1) is 3.43. The lowest BCUT2D eigenvalue weighted by Gasteiger charge is -1.73. The smallest absolute Gasteiger partial charge is 0.194 e. The summed E-state index contributed by atoms with van der Waals surface area (Å²) < 4.78 is 4.57. The molecular formula is C5H6NO. The van der Waals surface area contributed by atoms with Crippen LogP contribution in [-0.2, 0) is 6.42 Å². The summed E-state index contributed by atoms with van der Waals surface area (Å²) in [5.74, 6) is 0. The fraction of sp³-hybridized carbons (Fsp3) is 0.400. The maximum absolute atomic E-state index is 4.57. The van der Waals surface area contributed by atoms with E-state index in [2.05, 4.69) is 15.7 Å². The van der Waals surface area contributed by atoms with Gasteiger partial charge in [0.15, 0.2) is 12.7 Å². The van der Waals surface area contributed by atoms with E-state index in [0.717, 1.165) is 12.1 Å². The van der Waals surface area contributed by atoms with Crippen molar-refractivity contribution in [2.24, 2.45) is 0 Å². The first-order valence-corrected chi connectivity index (χ1v) is 2.23. The van der Waals surface area contributed by atoms with Crippen LogP contribution in [0, 0.1) is 6.26 Å². The van der Waals surface area contributed by atoms with Gasteiger partial charge in [0.05, 0.1) is 5.69 Å². The zero-order valence-electron chi connectivity index (χ0n) is 4.14. The maximum Gasteiger partial charge on any atom is 0.194 e. The zero-order chi connectivity index (χ0) is 5.11. The quantitative estimate of drug-likeness (QED) is 0.522. The Morgan fingerprint density at radius 1 is 2.00 bits per heavy atom. The molecule has 7 heavy (non-hydrogen) atoms. The first kappa shape index (κ1) is 4.37. The van der Waals surface area contributed by atoms with Gasteiger partial charge in [-0.15, -0.1) is 0 Å². The molecule has 0 fully saturated rings. The normalized spacial score (nSPS) is 9.29. The van der Waals surface area contributed by atoms with Crippen LogP contribution in [0.2, 0.25) is 0 Å². The molecule has 0 spiro atoms. The van der Waals surface area contributed by atoms with Crippen molar-refractivity contribution in [2.45, 2.75) is 13.3 Å². The Labute approximate surface area is 42.2 Å². The average molecular weight is 96.1 g/mol. The minimum Gasteiger partial charge on any atom is -0.440 e. The number of hydrogen-bond acceptors (Lipinski definition) is 2. The second kappa shape index (κ2) is 1.78. The first-order valence-electron chi connectivity index (χ1n) is 2.23. The molecule has 2 heteroatoms. The third-order valence-corrected chi connectivity index (χ3v) is 0.773. The van der Waals surface area contributed by atoms with Gasteiger partial charge in [-0.2, -0.15) is 0 Å². The minimum absolute atomic E-state index is 0.889. The molecule has 0 bridgehead atoms. The lowest BCUT2D eigenvalue weighted by Crippen LogP contribution is -1.74. The Morgan fingerprint density at radius 2 is 2.86 bits per heavy atom. The molecule has 0 aliphatic heterocycles. The molecule has 1 radical (unpaired) electrons. The van der Waals surface area contributed by atoms with Crippen molar-refractivity contribution in [1.82, 2.24) is 4.98 Å². The van der Waals surface area contributed by atoms with Crippen LogP contribution in [0.1, 0.15) is 12.6 Å². The topological polar surface area (TPSA) is 26.0 Å². The van der Waals surface area contributed by atoms with E-state index in [1.807, 2.05) is 6.92 Å². The zero-order valence-corrected chi connectivity index (χ0v) is 4.14. The van der Waals surface area contributed by atoms with Crippen LogP contribution in [0.5, 0.6) is 0 Å². The SMILES string of the molecule is CCc1[c]ocn1. The molecule has 0 aliphatic rings. The van der Waals surface area contributed by atoms with Crippen LogP contribution < -0.4 is 0 Å². The van der Waals surface area contributed by atoms with Crippen molar-refractivity contribution in [2.75, 3.05) is 0 Å². The van der Waals surface area contributed by atoms with Gasteiger partial charge >= 0.3 is 0 Å². The molecular weight excluding hydrogens is 90.1 g/mol. The summed E-state index contributed by atoms with van der Waals surface area (Å²) in [6.45, 7) is 2.01. The van der Waals surface area contributed by atoms with Gasteiger partial charge < -0.3 is 4.42 Å². The van der Waals surface area contributed by atoms with E-state index in [4.69, 9.17) is 0 Å².